The molecular weight excluding hydrogens is 426 g/mol. The van der Waals surface area contributed by atoms with Crippen molar-refractivity contribution in [1.29, 1.82) is 0 Å². The number of thiazole rings is 1. The lowest BCUT2D eigenvalue weighted by molar-refractivity contribution is -0.0123. The standard InChI is InChI=1S/C28H33N3OS/c1-27-11-9-20(31-25(32)26-30-14-15-33-26)16-19(27)5-6-21-23-8-7-22(18-4-3-13-29-17-18)28(23,2)12-10-24(21)27/h3-5,7,13-15,17,20-21,23-24H,6,8-12,16H2,1-2H3,(H,31,32)/t20-,21+,23+,24+,27+,28-/m1/s1. The van der Waals surface area contributed by atoms with Gasteiger partial charge < -0.3 is 5.32 Å². The Morgan fingerprint density at radius 1 is 1.09 bits per heavy atom. The Kier molecular flexibility index (Phi) is 5.09. The van der Waals surface area contributed by atoms with Gasteiger partial charge in [-0.2, -0.15) is 0 Å². The van der Waals surface area contributed by atoms with E-state index < -0.39 is 0 Å². The predicted octanol–water partition coefficient (Wildman–Crippen LogP) is 6.29. The second-order valence-corrected chi connectivity index (χ2v) is 12.0. The molecule has 0 radical (unpaired) electrons. The summed E-state index contributed by atoms with van der Waals surface area (Å²) in [7, 11) is 0. The fourth-order valence-electron chi connectivity index (χ4n) is 7.90. The number of rotatable bonds is 3. The first-order valence-corrected chi connectivity index (χ1v) is 13.4. The first-order chi connectivity index (χ1) is 16.0. The molecule has 0 saturated heterocycles. The number of fused-ring (bicyclic) bond motifs is 5. The maximum atomic E-state index is 12.6. The average molecular weight is 460 g/mol. The van der Waals surface area contributed by atoms with Gasteiger partial charge in [0.1, 0.15) is 0 Å². The van der Waals surface area contributed by atoms with Crippen LogP contribution in [0.5, 0.6) is 0 Å². The summed E-state index contributed by atoms with van der Waals surface area (Å²) >= 11 is 1.42. The quantitative estimate of drug-likeness (QED) is 0.549. The van der Waals surface area contributed by atoms with Crippen LogP contribution in [0.4, 0.5) is 0 Å². The molecule has 4 aliphatic rings. The lowest BCUT2D eigenvalue weighted by atomic mass is 9.47. The zero-order chi connectivity index (χ0) is 22.6. The number of hydrogen-bond acceptors (Lipinski definition) is 4. The Morgan fingerprint density at radius 2 is 1.97 bits per heavy atom. The van der Waals surface area contributed by atoms with Crippen LogP contribution in [0.3, 0.4) is 0 Å². The molecule has 2 heterocycles. The summed E-state index contributed by atoms with van der Waals surface area (Å²) in [6, 6.07) is 4.54. The third-order valence-corrected chi connectivity index (χ3v) is 10.4. The second kappa shape index (κ2) is 7.90. The van der Waals surface area contributed by atoms with Gasteiger partial charge in [-0.15, -0.1) is 11.3 Å². The highest BCUT2D eigenvalue weighted by Gasteiger charge is 2.56. The minimum atomic E-state index is -0.0127. The van der Waals surface area contributed by atoms with Crippen molar-refractivity contribution in [1.82, 2.24) is 15.3 Å². The van der Waals surface area contributed by atoms with Crippen molar-refractivity contribution in [2.24, 2.45) is 28.6 Å². The Bertz CT molecular complexity index is 1110. The molecule has 0 aromatic carbocycles. The van der Waals surface area contributed by atoms with Gasteiger partial charge in [-0.3, -0.25) is 9.78 Å². The molecule has 0 unspecified atom stereocenters. The molecule has 4 aliphatic carbocycles. The van der Waals surface area contributed by atoms with E-state index in [1.165, 1.54) is 54.6 Å². The fraction of sp³-hybridized carbons (Fsp3) is 0.536. The van der Waals surface area contributed by atoms with Crippen molar-refractivity contribution in [3.63, 3.8) is 0 Å². The maximum absolute atomic E-state index is 12.6. The van der Waals surface area contributed by atoms with E-state index in [1.807, 2.05) is 17.8 Å². The number of nitrogens with one attached hydrogen (secondary N) is 1. The van der Waals surface area contributed by atoms with E-state index in [9.17, 15) is 4.79 Å². The molecule has 2 fully saturated rings. The zero-order valence-corrected chi connectivity index (χ0v) is 20.4. The SMILES string of the molecule is C[C@]12CC[C@@H](NC(=O)c3nccs3)CC1=CC[C@@H]1[C@@H]2CC[C@]2(C)C(c3cccnc3)=CC[C@@H]12. The number of aromatic nitrogens is 2. The number of amides is 1. The predicted molar refractivity (Wildman–Crippen MR) is 133 cm³/mol. The molecular formula is C28H33N3OS. The van der Waals surface area contributed by atoms with Crippen LogP contribution in [-0.2, 0) is 0 Å². The third-order valence-electron chi connectivity index (χ3n) is 9.62. The molecule has 172 valence electrons. The summed E-state index contributed by atoms with van der Waals surface area (Å²) in [6.45, 7) is 5.05. The molecule has 0 aliphatic heterocycles. The summed E-state index contributed by atoms with van der Waals surface area (Å²) in [5.41, 5.74) is 5.00. The van der Waals surface area contributed by atoms with E-state index in [0.29, 0.717) is 5.01 Å². The molecule has 0 spiro atoms. The van der Waals surface area contributed by atoms with Crippen molar-refractivity contribution in [3.05, 3.63) is 64.4 Å². The van der Waals surface area contributed by atoms with E-state index in [4.69, 9.17) is 0 Å². The second-order valence-electron chi connectivity index (χ2n) is 11.1. The van der Waals surface area contributed by atoms with Crippen molar-refractivity contribution >= 4 is 22.8 Å². The van der Waals surface area contributed by atoms with Crippen LogP contribution in [0.2, 0.25) is 0 Å². The first-order valence-electron chi connectivity index (χ1n) is 12.5. The van der Waals surface area contributed by atoms with Gasteiger partial charge in [-0.05, 0) is 90.7 Å². The van der Waals surface area contributed by atoms with E-state index in [0.717, 1.165) is 30.6 Å². The smallest absolute Gasteiger partial charge is 0.280 e. The van der Waals surface area contributed by atoms with Crippen molar-refractivity contribution in [2.45, 2.75) is 64.8 Å². The third kappa shape index (κ3) is 3.34. The van der Waals surface area contributed by atoms with Gasteiger partial charge >= 0.3 is 0 Å². The van der Waals surface area contributed by atoms with Crippen LogP contribution < -0.4 is 5.32 Å². The first kappa shape index (κ1) is 21.3. The van der Waals surface area contributed by atoms with E-state index in [2.05, 4.69) is 53.4 Å². The van der Waals surface area contributed by atoms with Crippen LogP contribution in [0.15, 0.2) is 53.8 Å². The molecule has 2 aromatic heterocycles. The maximum Gasteiger partial charge on any atom is 0.280 e. The van der Waals surface area contributed by atoms with Crippen molar-refractivity contribution in [2.75, 3.05) is 0 Å². The van der Waals surface area contributed by atoms with Gasteiger partial charge in [0, 0.05) is 30.0 Å². The zero-order valence-electron chi connectivity index (χ0n) is 19.6. The van der Waals surface area contributed by atoms with Crippen molar-refractivity contribution < 1.29 is 4.79 Å². The molecule has 1 N–H and O–H groups in total. The number of nitrogens with zero attached hydrogens (tertiary/aromatic N) is 2. The minimum absolute atomic E-state index is 0.0127. The van der Waals surface area contributed by atoms with E-state index in [-0.39, 0.29) is 22.8 Å². The average Bonchev–Trinajstić information content (AvgIpc) is 3.48. The largest absolute Gasteiger partial charge is 0.347 e. The molecule has 5 heteroatoms. The van der Waals surface area contributed by atoms with Crippen LogP contribution in [-0.4, -0.2) is 21.9 Å². The van der Waals surface area contributed by atoms with Crippen molar-refractivity contribution in [3.8, 4) is 0 Å². The molecule has 1 amide bonds. The molecule has 6 atom stereocenters. The van der Waals surface area contributed by atoms with Gasteiger partial charge in [-0.1, -0.05) is 37.6 Å². The Hall–Kier alpha value is -2.27. The van der Waals surface area contributed by atoms with E-state index >= 15 is 0 Å². The number of carbonyl (C=O) groups is 1. The number of allylic oxidation sites excluding steroid dienone is 3. The number of carbonyl (C=O) groups excluding carboxylic acids is 1. The lowest BCUT2D eigenvalue weighted by Gasteiger charge is -2.58. The molecule has 33 heavy (non-hydrogen) atoms. The highest BCUT2D eigenvalue weighted by atomic mass is 32.1. The summed E-state index contributed by atoms with van der Waals surface area (Å²) in [5.74, 6) is 2.22. The highest BCUT2D eigenvalue weighted by molar-refractivity contribution is 7.11. The van der Waals surface area contributed by atoms with Gasteiger partial charge in [-0.25, -0.2) is 4.98 Å². The molecule has 2 saturated carbocycles. The number of hydrogen-bond donors (Lipinski definition) is 1. The van der Waals surface area contributed by atoms with Crippen LogP contribution in [0.25, 0.3) is 5.57 Å². The van der Waals surface area contributed by atoms with Gasteiger partial charge in [0.15, 0.2) is 5.01 Å². The monoisotopic (exact) mass is 459 g/mol. The minimum Gasteiger partial charge on any atom is -0.347 e. The van der Waals surface area contributed by atoms with Gasteiger partial charge in [0.05, 0.1) is 0 Å². The Morgan fingerprint density at radius 3 is 2.76 bits per heavy atom. The molecule has 4 nitrogen and oxygen atoms in total. The summed E-state index contributed by atoms with van der Waals surface area (Å²) in [5, 5.41) is 5.71. The number of pyridine rings is 1. The topological polar surface area (TPSA) is 54.9 Å². The highest BCUT2D eigenvalue weighted by Crippen LogP contribution is 2.66. The summed E-state index contributed by atoms with van der Waals surface area (Å²) in [6.07, 6.45) is 18.9. The van der Waals surface area contributed by atoms with Crippen LogP contribution >= 0.6 is 11.3 Å². The summed E-state index contributed by atoms with van der Waals surface area (Å²) < 4.78 is 0. The van der Waals surface area contributed by atoms with Gasteiger partial charge in [0.25, 0.3) is 5.91 Å². The molecule has 6 rings (SSSR count). The lowest BCUT2D eigenvalue weighted by Crippen LogP contribution is -2.51. The van der Waals surface area contributed by atoms with Crippen LogP contribution in [0.1, 0.15) is 74.2 Å². The Labute approximate surface area is 200 Å². The van der Waals surface area contributed by atoms with Gasteiger partial charge in [0.2, 0.25) is 0 Å². The van der Waals surface area contributed by atoms with E-state index in [1.54, 1.807) is 11.8 Å². The van der Waals surface area contributed by atoms with Crippen LogP contribution in [0, 0.1) is 28.6 Å². The Balaban J connectivity index is 1.21. The molecule has 2 aromatic rings. The fourth-order valence-corrected chi connectivity index (χ4v) is 8.44. The molecule has 0 bridgehead atoms. The summed E-state index contributed by atoms with van der Waals surface area (Å²) in [4.78, 5) is 21.1. The normalized spacial score (nSPS) is 37.3.